The van der Waals surface area contributed by atoms with Crippen LogP contribution in [0.3, 0.4) is 0 Å². The number of nitrogens with zero attached hydrogens (tertiary/aromatic N) is 6. The monoisotopic (exact) mass is 385 g/mol. The van der Waals surface area contributed by atoms with Gasteiger partial charge in [-0.05, 0) is 29.1 Å². The second-order valence-electron chi connectivity index (χ2n) is 5.75. The average molecular weight is 386 g/mol. The van der Waals surface area contributed by atoms with Gasteiger partial charge in [-0.25, -0.2) is 9.97 Å². The van der Waals surface area contributed by atoms with Gasteiger partial charge in [-0.2, -0.15) is 4.80 Å². The van der Waals surface area contributed by atoms with Crippen molar-refractivity contribution in [3.63, 3.8) is 0 Å². The van der Waals surface area contributed by atoms with E-state index in [1.807, 2.05) is 23.6 Å². The number of hydrogen-bond acceptors (Lipinski definition) is 7. The van der Waals surface area contributed by atoms with Gasteiger partial charge in [0, 0.05) is 17.5 Å². The number of tetrazole rings is 1. The third-order valence-corrected chi connectivity index (χ3v) is 5.01. The normalized spacial score (nSPS) is 12.4. The van der Waals surface area contributed by atoms with Crippen molar-refractivity contribution in [3.05, 3.63) is 47.6 Å². The number of benzene rings is 1. The number of aromatic nitrogens is 6. The van der Waals surface area contributed by atoms with E-state index in [2.05, 4.69) is 49.8 Å². The number of aryl methyl sites for hydroxylation is 1. The van der Waals surface area contributed by atoms with Crippen LogP contribution in [-0.4, -0.2) is 36.1 Å². The van der Waals surface area contributed by atoms with E-state index in [0.717, 1.165) is 27.2 Å². The predicted molar refractivity (Wildman–Crippen MR) is 103 cm³/mol. The van der Waals surface area contributed by atoms with Gasteiger partial charge in [0.2, 0.25) is 5.82 Å². The number of nitrogens with one attached hydrogen (secondary N) is 1. The molecule has 0 saturated carbocycles. The minimum atomic E-state index is 0.0990. The van der Waals surface area contributed by atoms with Crippen molar-refractivity contribution in [1.29, 1.82) is 0 Å². The van der Waals surface area contributed by atoms with Crippen LogP contribution in [0, 0.1) is 0 Å². The summed E-state index contributed by atoms with van der Waals surface area (Å²) in [6.07, 6.45) is 1.59. The first-order valence-electron chi connectivity index (χ1n) is 8.13. The molecule has 4 rings (SSSR count). The minimum Gasteiger partial charge on any atom is -0.363 e. The molecule has 1 unspecified atom stereocenters. The first kappa shape index (κ1) is 16.9. The van der Waals surface area contributed by atoms with E-state index in [1.165, 1.54) is 4.80 Å². The van der Waals surface area contributed by atoms with Crippen LogP contribution in [0.5, 0.6) is 0 Å². The lowest BCUT2D eigenvalue weighted by Crippen LogP contribution is -2.08. The second kappa shape index (κ2) is 7.35. The molecule has 0 aliphatic rings. The fourth-order valence-electron chi connectivity index (χ4n) is 2.64. The SMILES string of the molecule is CC(Nc1ncnc2sccc12)c1ccc(-c2nnn(CCCl)n2)cc1. The number of anilines is 1. The van der Waals surface area contributed by atoms with Gasteiger partial charge in [0.15, 0.2) is 0 Å². The molecule has 1 N–H and O–H groups in total. The number of hydrogen-bond donors (Lipinski definition) is 1. The lowest BCUT2D eigenvalue weighted by Gasteiger charge is -2.15. The van der Waals surface area contributed by atoms with E-state index in [0.29, 0.717) is 18.2 Å². The van der Waals surface area contributed by atoms with Crippen LogP contribution < -0.4 is 5.32 Å². The highest BCUT2D eigenvalue weighted by Gasteiger charge is 2.11. The van der Waals surface area contributed by atoms with E-state index >= 15 is 0 Å². The van der Waals surface area contributed by atoms with Crippen molar-refractivity contribution in [2.75, 3.05) is 11.2 Å². The van der Waals surface area contributed by atoms with Crippen molar-refractivity contribution in [3.8, 4) is 11.4 Å². The standard InChI is InChI=1S/C17H16ClN7S/c1-11(21-16-14-6-9-26-17(14)20-10-19-16)12-2-4-13(5-3-12)15-22-24-25(23-15)8-7-18/h2-6,9-11H,7-8H2,1H3,(H,19,20,21). The van der Waals surface area contributed by atoms with Crippen molar-refractivity contribution >= 4 is 39.0 Å². The molecule has 3 aromatic heterocycles. The van der Waals surface area contributed by atoms with Crippen LogP contribution in [0.15, 0.2) is 42.0 Å². The molecule has 0 saturated heterocycles. The summed E-state index contributed by atoms with van der Waals surface area (Å²) in [4.78, 5) is 11.1. The fraction of sp³-hybridized carbons (Fsp3) is 0.235. The highest BCUT2D eigenvalue weighted by atomic mass is 35.5. The number of halogens is 1. The largest absolute Gasteiger partial charge is 0.363 e. The molecule has 0 aliphatic heterocycles. The molecule has 0 radical (unpaired) electrons. The van der Waals surface area contributed by atoms with Crippen LogP contribution in [0.25, 0.3) is 21.6 Å². The Balaban J connectivity index is 1.51. The number of fused-ring (bicyclic) bond motifs is 1. The van der Waals surface area contributed by atoms with Crippen LogP contribution in [0.4, 0.5) is 5.82 Å². The first-order valence-corrected chi connectivity index (χ1v) is 9.55. The van der Waals surface area contributed by atoms with E-state index in [-0.39, 0.29) is 6.04 Å². The Morgan fingerprint density at radius 1 is 1.19 bits per heavy atom. The summed E-state index contributed by atoms with van der Waals surface area (Å²) in [6, 6.07) is 10.2. The number of alkyl halides is 1. The maximum Gasteiger partial charge on any atom is 0.204 e. The minimum absolute atomic E-state index is 0.0990. The van der Waals surface area contributed by atoms with Crippen molar-refractivity contribution in [2.45, 2.75) is 19.5 Å². The van der Waals surface area contributed by atoms with E-state index in [9.17, 15) is 0 Å². The molecule has 1 atom stereocenters. The van der Waals surface area contributed by atoms with Gasteiger partial charge in [0.1, 0.15) is 17.0 Å². The van der Waals surface area contributed by atoms with Crippen LogP contribution in [-0.2, 0) is 6.54 Å². The van der Waals surface area contributed by atoms with E-state index in [1.54, 1.807) is 17.7 Å². The Morgan fingerprint density at radius 2 is 2.04 bits per heavy atom. The van der Waals surface area contributed by atoms with Crippen LogP contribution in [0.2, 0.25) is 0 Å². The summed E-state index contributed by atoms with van der Waals surface area (Å²) in [5.74, 6) is 1.90. The molecule has 0 bridgehead atoms. The molecular weight excluding hydrogens is 370 g/mol. The molecule has 7 nitrogen and oxygen atoms in total. The van der Waals surface area contributed by atoms with E-state index < -0.39 is 0 Å². The van der Waals surface area contributed by atoms with Gasteiger partial charge < -0.3 is 5.32 Å². The predicted octanol–water partition coefficient (Wildman–Crippen LogP) is 3.76. The Hall–Kier alpha value is -2.58. The lowest BCUT2D eigenvalue weighted by molar-refractivity contribution is 0.556. The summed E-state index contributed by atoms with van der Waals surface area (Å²) < 4.78 is 0. The molecule has 132 valence electrons. The summed E-state index contributed by atoms with van der Waals surface area (Å²) in [5.41, 5.74) is 2.06. The van der Waals surface area contributed by atoms with E-state index in [4.69, 9.17) is 11.6 Å². The zero-order valence-electron chi connectivity index (χ0n) is 14.0. The topological polar surface area (TPSA) is 81.4 Å². The van der Waals surface area contributed by atoms with Gasteiger partial charge in [0.05, 0.1) is 11.9 Å². The molecule has 0 aliphatic carbocycles. The molecular formula is C17H16ClN7S. The van der Waals surface area contributed by atoms with Gasteiger partial charge in [0.25, 0.3) is 0 Å². The zero-order chi connectivity index (χ0) is 17.9. The number of rotatable bonds is 6. The van der Waals surface area contributed by atoms with Gasteiger partial charge in [-0.1, -0.05) is 24.3 Å². The zero-order valence-corrected chi connectivity index (χ0v) is 15.6. The third-order valence-electron chi connectivity index (χ3n) is 4.02. The van der Waals surface area contributed by atoms with Crippen molar-refractivity contribution < 1.29 is 0 Å². The summed E-state index contributed by atoms with van der Waals surface area (Å²) in [5, 5.41) is 18.9. The van der Waals surface area contributed by atoms with Crippen molar-refractivity contribution in [2.24, 2.45) is 0 Å². The summed E-state index contributed by atoms with van der Waals surface area (Å²) >= 11 is 7.31. The fourth-order valence-corrected chi connectivity index (χ4v) is 3.53. The molecule has 3 heterocycles. The molecule has 4 aromatic rings. The lowest BCUT2D eigenvalue weighted by atomic mass is 10.1. The quantitative estimate of drug-likeness (QED) is 0.509. The highest BCUT2D eigenvalue weighted by molar-refractivity contribution is 7.16. The molecule has 9 heteroatoms. The average Bonchev–Trinajstić information content (AvgIpc) is 3.32. The molecule has 26 heavy (non-hydrogen) atoms. The molecule has 1 aromatic carbocycles. The van der Waals surface area contributed by atoms with Gasteiger partial charge >= 0.3 is 0 Å². The highest BCUT2D eigenvalue weighted by Crippen LogP contribution is 2.27. The third kappa shape index (κ3) is 3.38. The van der Waals surface area contributed by atoms with Crippen molar-refractivity contribution in [1.82, 2.24) is 30.2 Å². The van der Waals surface area contributed by atoms with Gasteiger partial charge in [-0.3, -0.25) is 0 Å². The second-order valence-corrected chi connectivity index (χ2v) is 7.02. The van der Waals surface area contributed by atoms with Gasteiger partial charge in [-0.15, -0.1) is 33.1 Å². The Morgan fingerprint density at radius 3 is 2.85 bits per heavy atom. The Bertz CT molecular complexity index is 1010. The summed E-state index contributed by atoms with van der Waals surface area (Å²) in [7, 11) is 0. The number of thiophene rings is 1. The summed E-state index contributed by atoms with van der Waals surface area (Å²) in [6.45, 7) is 2.65. The molecule has 0 fully saturated rings. The van der Waals surface area contributed by atoms with Crippen LogP contribution in [0.1, 0.15) is 18.5 Å². The maximum absolute atomic E-state index is 5.70. The smallest absolute Gasteiger partial charge is 0.204 e. The Labute approximate surface area is 159 Å². The first-order chi connectivity index (χ1) is 12.7. The maximum atomic E-state index is 5.70. The molecule has 0 spiro atoms. The molecule has 0 amide bonds. The Kier molecular flexibility index (Phi) is 4.77. The van der Waals surface area contributed by atoms with Crippen LogP contribution >= 0.6 is 22.9 Å².